The lowest BCUT2D eigenvalue weighted by molar-refractivity contribution is -0.890. The van der Waals surface area contributed by atoms with Gasteiger partial charge >= 0.3 is 0 Å². The molecule has 1 atom stereocenters. The maximum absolute atomic E-state index is 13.3. The molecule has 0 aliphatic heterocycles. The average molecular weight is 381 g/mol. The van der Waals surface area contributed by atoms with E-state index in [0.717, 1.165) is 11.5 Å². The lowest BCUT2D eigenvalue weighted by Gasteiger charge is -2.19. The van der Waals surface area contributed by atoms with Gasteiger partial charge < -0.3 is 9.80 Å². The number of hydrogen-bond acceptors (Lipinski definition) is 4. The standard InChI is InChI=1S/C18H26FN5OS/c1-6-23(7-2)16(25)12-26-18-21-20-17(13(3)22(4)5)24(18)15-10-8-14(19)9-11-15/h8-11,13H,6-7,12H2,1-5H3/p+1/t13-/m0/s1. The van der Waals surface area contributed by atoms with Crippen LogP contribution in [0.3, 0.4) is 0 Å². The number of nitrogens with zero attached hydrogens (tertiary/aromatic N) is 4. The highest BCUT2D eigenvalue weighted by molar-refractivity contribution is 7.99. The lowest BCUT2D eigenvalue weighted by atomic mass is 10.2. The Morgan fingerprint density at radius 1 is 1.23 bits per heavy atom. The summed E-state index contributed by atoms with van der Waals surface area (Å²) in [7, 11) is 4.09. The first kappa shape index (κ1) is 20.4. The molecular weight excluding hydrogens is 353 g/mol. The number of amides is 1. The molecule has 0 aliphatic carbocycles. The Morgan fingerprint density at radius 3 is 2.38 bits per heavy atom. The number of halogens is 1. The second-order valence-corrected chi connectivity index (χ2v) is 7.25. The Hall–Kier alpha value is -1.93. The molecule has 8 heteroatoms. The molecule has 0 bridgehead atoms. The minimum Gasteiger partial charge on any atom is -0.343 e. The van der Waals surface area contributed by atoms with Gasteiger partial charge in [-0.2, -0.15) is 0 Å². The highest BCUT2D eigenvalue weighted by Gasteiger charge is 2.24. The average Bonchev–Trinajstić information content (AvgIpc) is 3.04. The predicted octanol–water partition coefficient (Wildman–Crippen LogP) is 1.57. The molecule has 1 aromatic carbocycles. The smallest absolute Gasteiger partial charge is 0.233 e. The van der Waals surface area contributed by atoms with Crippen LogP contribution in [0.1, 0.15) is 32.6 Å². The topological polar surface area (TPSA) is 55.5 Å². The Balaban J connectivity index is 2.34. The highest BCUT2D eigenvalue weighted by atomic mass is 32.2. The fourth-order valence-electron chi connectivity index (χ4n) is 2.54. The van der Waals surface area contributed by atoms with E-state index in [-0.39, 0.29) is 17.8 Å². The molecule has 0 saturated heterocycles. The molecule has 0 aliphatic rings. The first-order valence-corrected chi connectivity index (χ1v) is 9.79. The van der Waals surface area contributed by atoms with Crippen LogP contribution in [0.4, 0.5) is 4.39 Å². The third kappa shape index (κ3) is 4.62. The summed E-state index contributed by atoms with van der Waals surface area (Å²) in [5.41, 5.74) is 0.789. The number of thioether (sulfide) groups is 1. The van der Waals surface area contributed by atoms with Crippen molar-refractivity contribution in [2.75, 3.05) is 32.9 Å². The molecule has 2 aromatic rings. The van der Waals surface area contributed by atoms with Gasteiger partial charge in [0.15, 0.2) is 11.0 Å². The molecule has 0 unspecified atom stereocenters. The summed E-state index contributed by atoms with van der Waals surface area (Å²) in [4.78, 5) is 15.3. The van der Waals surface area contributed by atoms with E-state index in [1.165, 1.54) is 28.8 Å². The van der Waals surface area contributed by atoms with Crippen LogP contribution < -0.4 is 4.90 Å². The molecule has 2 rings (SSSR count). The maximum atomic E-state index is 13.3. The van der Waals surface area contributed by atoms with Crippen molar-refractivity contribution < 1.29 is 14.1 Å². The van der Waals surface area contributed by atoms with Crippen molar-refractivity contribution in [2.45, 2.75) is 32.0 Å². The van der Waals surface area contributed by atoms with E-state index in [9.17, 15) is 9.18 Å². The zero-order valence-corrected chi connectivity index (χ0v) is 16.8. The molecule has 142 valence electrons. The van der Waals surface area contributed by atoms with E-state index < -0.39 is 0 Å². The molecule has 1 amide bonds. The van der Waals surface area contributed by atoms with Crippen molar-refractivity contribution in [1.29, 1.82) is 0 Å². The quantitative estimate of drug-likeness (QED) is 0.707. The molecule has 1 aromatic heterocycles. The number of benzene rings is 1. The lowest BCUT2D eigenvalue weighted by Crippen LogP contribution is -3.05. The molecule has 0 radical (unpaired) electrons. The zero-order valence-electron chi connectivity index (χ0n) is 16.0. The van der Waals surface area contributed by atoms with Gasteiger partial charge in [0, 0.05) is 18.8 Å². The zero-order chi connectivity index (χ0) is 19.3. The summed E-state index contributed by atoms with van der Waals surface area (Å²) >= 11 is 1.36. The van der Waals surface area contributed by atoms with Crippen LogP contribution in [0.5, 0.6) is 0 Å². The van der Waals surface area contributed by atoms with Crippen molar-refractivity contribution in [3.63, 3.8) is 0 Å². The molecule has 26 heavy (non-hydrogen) atoms. The fraction of sp³-hybridized carbons (Fsp3) is 0.500. The van der Waals surface area contributed by atoms with Crippen LogP contribution in [0.25, 0.3) is 5.69 Å². The van der Waals surface area contributed by atoms with Crippen LogP contribution in [-0.4, -0.2) is 58.5 Å². The summed E-state index contributed by atoms with van der Waals surface area (Å²) in [5, 5.41) is 9.29. The number of carbonyl (C=O) groups is 1. The van der Waals surface area contributed by atoms with Crippen LogP contribution in [-0.2, 0) is 4.79 Å². The minimum atomic E-state index is -0.291. The van der Waals surface area contributed by atoms with E-state index in [2.05, 4.69) is 17.1 Å². The third-order valence-corrected chi connectivity index (χ3v) is 5.35. The van der Waals surface area contributed by atoms with Crippen molar-refractivity contribution in [2.24, 2.45) is 0 Å². The first-order valence-electron chi connectivity index (χ1n) is 8.80. The maximum Gasteiger partial charge on any atom is 0.233 e. The summed E-state index contributed by atoms with van der Waals surface area (Å²) in [6, 6.07) is 6.34. The fourth-order valence-corrected chi connectivity index (χ4v) is 3.40. The summed E-state index contributed by atoms with van der Waals surface area (Å²) < 4.78 is 15.3. The van der Waals surface area contributed by atoms with Gasteiger partial charge in [0.05, 0.1) is 19.8 Å². The van der Waals surface area contributed by atoms with Crippen LogP contribution in [0.2, 0.25) is 0 Å². The Morgan fingerprint density at radius 2 is 1.85 bits per heavy atom. The van der Waals surface area contributed by atoms with E-state index in [1.807, 2.05) is 32.5 Å². The normalized spacial score (nSPS) is 12.4. The van der Waals surface area contributed by atoms with Gasteiger partial charge in [-0.1, -0.05) is 11.8 Å². The molecular formula is C18H27FN5OS+. The number of quaternary nitrogens is 1. The number of rotatable bonds is 8. The summed E-state index contributed by atoms with van der Waals surface area (Å²) in [5.74, 6) is 0.862. The Kier molecular flexibility index (Phi) is 7.16. The largest absolute Gasteiger partial charge is 0.343 e. The van der Waals surface area contributed by atoms with Crippen LogP contribution in [0, 0.1) is 5.82 Å². The van der Waals surface area contributed by atoms with Crippen molar-refractivity contribution in [3.8, 4) is 5.69 Å². The van der Waals surface area contributed by atoms with E-state index in [1.54, 1.807) is 17.0 Å². The number of hydrogen-bond donors (Lipinski definition) is 1. The Labute approximate surface area is 158 Å². The van der Waals surface area contributed by atoms with E-state index >= 15 is 0 Å². The highest BCUT2D eigenvalue weighted by Crippen LogP contribution is 2.24. The second-order valence-electron chi connectivity index (χ2n) is 6.31. The summed E-state index contributed by atoms with van der Waals surface area (Å²) in [6.07, 6.45) is 0. The van der Waals surface area contributed by atoms with E-state index in [0.29, 0.717) is 24.0 Å². The molecule has 1 heterocycles. The van der Waals surface area contributed by atoms with Gasteiger partial charge in [-0.25, -0.2) is 4.39 Å². The summed E-state index contributed by atoms with van der Waals surface area (Å²) in [6.45, 7) is 7.37. The predicted molar refractivity (Wildman–Crippen MR) is 101 cm³/mol. The van der Waals surface area contributed by atoms with E-state index in [4.69, 9.17) is 0 Å². The molecule has 0 spiro atoms. The van der Waals surface area contributed by atoms with Gasteiger partial charge in [0.1, 0.15) is 11.9 Å². The number of nitrogens with one attached hydrogen (secondary N) is 1. The first-order chi connectivity index (χ1) is 12.4. The molecule has 6 nitrogen and oxygen atoms in total. The third-order valence-electron chi connectivity index (χ3n) is 4.44. The van der Waals surface area contributed by atoms with Crippen molar-refractivity contribution >= 4 is 17.7 Å². The second kappa shape index (κ2) is 9.14. The molecule has 0 fully saturated rings. The molecule has 1 N–H and O–H groups in total. The minimum absolute atomic E-state index is 0.0708. The number of carbonyl (C=O) groups excluding carboxylic acids is 1. The molecule has 0 saturated carbocycles. The Bertz CT molecular complexity index is 728. The monoisotopic (exact) mass is 380 g/mol. The SMILES string of the molecule is CCN(CC)C(=O)CSc1nnc([C@H](C)[NH+](C)C)n1-c1ccc(F)cc1. The van der Waals surface area contributed by atoms with Gasteiger partial charge in [-0.05, 0) is 45.0 Å². The van der Waals surface area contributed by atoms with Crippen molar-refractivity contribution in [1.82, 2.24) is 19.7 Å². The van der Waals surface area contributed by atoms with Gasteiger partial charge in [0.2, 0.25) is 5.91 Å². The van der Waals surface area contributed by atoms with Gasteiger partial charge in [0.25, 0.3) is 0 Å². The van der Waals surface area contributed by atoms with Gasteiger partial charge in [-0.3, -0.25) is 9.36 Å². The van der Waals surface area contributed by atoms with Crippen LogP contribution >= 0.6 is 11.8 Å². The van der Waals surface area contributed by atoms with Gasteiger partial charge in [-0.15, -0.1) is 10.2 Å². The van der Waals surface area contributed by atoms with Crippen molar-refractivity contribution in [3.05, 3.63) is 35.9 Å². The van der Waals surface area contributed by atoms with Crippen LogP contribution in [0.15, 0.2) is 29.4 Å². The number of aromatic nitrogens is 3.